The van der Waals surface area contributed by atoms with Gasteiger partial charge in [0.1, 0.15) is 0 Å². The normalized spacial score (nSPS) is 18.9. The monoisotopic (exact) mass is 229 g/mol. The molecule has 0 aromatic rings. The summed E-state index contributed by atoms with van der Waals surface area (Å²) in [5.74, 6) is 0.381. The lowest BCUT2D eigenvalue weighted by atomic mass is 10.1. The maximum absolute atomic E-state index is 11.5. The minimum absolute atomic E-state index is 0. The Labute approximate surface area is 102 Å². The molecule has 1 saturated heterocycles. The van der Waals surface area contributed by atoms with Gasteiger partial charge in [-0.15, -0.1) is 0 Å². The van der Waals surface area contributed by atoms with E-state index in [1.165, 1.54) is 19.3 Å². The molecule has 1 heterocycles. The molecule has 1 unspecified atom stereocenters. The van der Waals surface area contributed by atoms with E-state index in [1.54, 1.807) is 0 Å². The summed E-state index contributed by atoms with van der Waals surface area (Å²) in [6, 6.07) is 0.559. The Balaban J connectivity index is 0. The van der Waals surface area contributed by atoms with Crippen LogP contribution < -0.4 is 0 Å². The van der Waals surface area contributed by atoms with Crippen LogP contribution in [0.3, 0.4) is 0 Å². The summed E-state index contributed by atoms with van der Waals surface area (Å²) in [6.45, 7) is 9.36. The minimum atomic E-state index is 0. The molecular weight excluding hydrogens is 198 g/mol. The number of unbranched alkanes of at least 4 members (excludes halogenated alkanes) is 1. The van der Waals surface area contributed by atoms with Gasteiger partial charge in [-0.3, -0.25) is 4.79 Å². The molecule has 0 N–H and O–H groups in total. The highest BCUT2D eigenvalue weighted by molar-refractivity contribution is 5.78. The van der Waals surface area contributed by atoms with Crippen LogP contribution in [0, 0.1) is 0 Å². The molecule has 0 aromatic heterocycles. The van der Waals surface area contributed by atoms with E-state index in [0.29, 0.717) is 11.9 Å². The van der Waals surface area contributed by atoms with E-state index in [4.69, 9.17) is 0 Å². The van der Waals surface area contributed by atoms with E-state index < -0.39 is 0 Å². The summed E-state index contributed by atoms with van der Waals surface area (Å²) in [6.07, 6.45) is 6.61. The summed E-state index contributed by atoms with van der Waals surface area (Å²) >= 11 is 0. The maximum atomic E-state index is 11.5. The number of hydrogen-bond acceptors (Lipinski definition) is 1. The predicted octanol–water partition coefficient (Wildman–Crippen LogP) is 4.24. The van der Waals surface area contributed by atoms with Gasteiger partial charge in [-0.1, -0.05) is 48.0 Å². The van der Waals surface area contributed by atoms with Crippen LogP contribution in [-0.2, 0) is 4.79 Å². The highest BCUT2D eigenvalue weighted by Gasteiger charge is 2.28. The van der Waals surface area contributed by atoms with E-state index >= 15 is 0 Å². The molecule has 2 heteroatoms. The quantitative estimate of drug-likeness (QED) is 0.690. The number of carbonyl (C=O) groups is 1. The molecule has 1 aliphatic rings. The molecule has 0 radical (unpaired) electrons. The molecule has 1 atom stereocenters. The molecular formula is C14H31NO. The Morgan fingerprint density at radius 2 is 1.88 bits per heavy atom. The average molecular weight is 229 g/mol. The molecule has 2 nitrogen and oxygen atoms in total. The van der Waals surface area contributed by atoms with Crippen molar-refractivity contribution >= 4 is 5.91 Å². The van der Waals surface area contributed by atoms with Crippen molar-refractivity contribution in [1.29, 1.82) is 0 Å². The Kier molecular flexibility index (Phi) is 12.2. The summed E-state index contributed by atoms with van der Waals surface area (Å²) in [4.78, 5) is 13.6. The maximum Gasteiger partial charge on any atom is 0.222 e. The Morgan fingerprint density at radius 1 is 1.25 bits per heavy atom. The first-order valence-electron chi connectivity index (χ1n) is 6.59. The highest BCUT2D eigenvalue weighted by atomic mass is 16.2. The fourth-order valence-electron chi connectivity index (χ4n) is 2.06. The van der Waals surface area contributed by atoms with E-state index in [-0.39, 0.29) is 7.43 Å². The fraction of sp³-hybridized carbons (Fsp3) is 0.929. The van der Waals surface area contributed by atoms with Crippen LogP contribution in [0.5, 0.6) is 0 Å². The summed E-state index contributed by atoms with van der Waals surface area (Å²) in [5, 5.41) is 0. The summed E-state index contributed by atoms with van der Waals surface area (Å²) < 4.78 is 0. The van der Waals surface area contributed by atoms with Gasteiger partial charge in [0, 0.05) is 19.0 Å². The minimum Gasteiger partial charge on any atom is -0.340 e. The van der Waals surface area contributed by atoms with Gasteiger partial charge >= 0.3 is 0 Å². The van der Waals surface area contributed by atoms with Crippen molar-refractivity contribution in [2.24, 2.45) is 0 Å². The zero-order valence-electron chi connectivity index (χ0n) is 10.9. The van der Waals surface area contributed by atoms with Gasteiger partial charge in [-0.2, -0.15) is 0 Å². The molecule has 0 spiro atoms. The largest absolute Gasteiger partial charge is 0.340 e. The van der Waals surface area contributed by atoms with Crippen molar-refractivity contribution in [2.75, 3.05) is 6.54 Å². The predicted molar refractivity (Wildman–Crippen MR) is 72.6 cm³/mol. The van der Waals surface area contributed by atoms with Gasteiger partial charge in [0.2, 0.25) is 5.91 Å². The second-order valence-electron chi connectivity index (χ2n) is 3.92. The van der Waals surface area contributed by atoms with Crippen molar-refractivity contribution in [2.45, 2.75) is 79.7 Å². The van der Waals surface area contributed by atoms with Gasteiger partial charge in [-0.25, -0.2) is 0 Å². The highest BCUT2D eigenvalue weighted by Crippen LogP contribution is 2.22. The molecule has 0 aliphatic carbocycles. The topological polar surface area (TPSA) is 20.3 Å². The SMILES string of the molecule is C.CC.CCCCN1C(=O)CCC1CCC. The van der Waals surface area contributed by atoms with E-state index in [2.05, 4.69) is 18.7 Å². The van der Waals surface area contributed by atoms with Crippen LogP contribution >= 0.6 is 0 Å². The van der Waals surface area contributed by atoms with Crippen LogP contribution in [0.25, 0.3) is 0 Å². The third-order valence-corrected chi connectivity index (χ3v) is 2.83. The standard InChI is InChI=1S/C11H21NO.C2H6.CH4/c1-3-5-9-12-10(6-4-2)7-8-11(12)13;1-2;/h10H,3-9H2,1-2H3;1-2H3;1H4. The van der Waals surface area contributed by atoms with Crippen LogP contribution in [0.15, 0.2) is 0 Å². The third kappa shape index (κ3) is 5.53. The molecule has 1 amide bonds. The number of amides is 1. The molecule has 0 aromatic carbocycles. The van der Waals surface area contributed by atoms with Gasteiger partial charge in [-0.05, 0) is 19.3 Å². The van der Waals surface area contributed by atoms with E-state index in [1.807, 2.05) is 13.8 Å². The van der Waals surface area contributed by atoms with Crippen LogP contribution in [0.2, 0.25) is 0 Å². The van der Waals surface area contributed by atoms with Crippen molar-refractivity contribution in [3.05, 3.63) is 0 Å². The molecule has 1 rings (SSSR count). The first kappa shape index (κ1) is 17.9. The van der Waals surface area contributed by atoms with Crippen molar-refractivity contribution in [3.63, 3.8) is 0 Å². The van der Waals surface area contributed by atoms with Crippen molar-refractivity contribution < 1.29 is 4.79 Å². The summed E-state index contributed by atoms with van der Waals surface area (Å²) in [5.41, 5.74) is 0. The zero-order valence-corrected chi connectivity index (χ0v) is 10.9. The molecule has 1 aliphatic heterocycles. The molecule has 0 bridgehead atoms. The Bertz CT molecular complexity index is 168. The van der Waals surface area contributed by atoms with Crippen molar-refractivity contribution in [1.82, 2.24) is 4.90 Å². The lowest BCUT2D eigenvalue weighted by Gasteiger charge is -2.24. The van der Waals surface area contributed by atoms with E-state index in [0.717, 1.165) is 25.8 Å². The van der Waals surface area contributed by atoms with Crippen molar-refractivity contribution in [3.8, 4) is 0 Å². The lowest BCUT2D eigenvalue weighted by molar-refractivity contribution is -0.129. The number of carbonyl (C=O) groups excluding carboxylic acids is 1. The van der Waals surface area contributed by atoms with E-state index in [9.17, 15) is 4.79 Å². The average Bonchev–Trinajstić information content (AvgIpc) is 2.61. The molecule has 0 saturated carbocycles. The number of rotatable bonds is 5. The first-order chi connectivity index (χ1) is 7.29. The second-order valence-corrected chi connectivity index (χ2v) is 3.92. The Hall–Kier alpha value is -0.530. The number of nitrogens with zero attached hydrogens (tertiary/aromatic N) is 1. The molecule has 98 valence electrons. The second kappa shape index (κ2) is 11.0. The van der Waals surface area contributed by atoms with Gasteiger partial charge in [0.05, 0.1) is 0 Å². The number of hydrogen-bond donors (Lipinski definition) is 0. The molecule has 1 fully saturated rings. The Morgan fingerprint density at radius 3 is 2.38 bits per heavy atom. The van der Waals surface area contributed by atoms with Gasteiger partial charge in [0.15, 0.2) is 0 Å². The summed E-state index contributed by atoms with van der Waals surface area (Å²) in [7, 11) is 0. The number of likely N-dealkylation sites (tertiary alicyclic amines) is 1. The fourth-order valence-corrected chi connectivity index (χ4v) is 2.06. The smallest absolute Gasteiger partial charge is 0.222 e. The van der Waals surface area contributed by atoms with Crippen LogP contribution in [-0.4, -0.2) is 23.4 Å². The van der Waals surface area contributed by atoms with Crippen LogP contribution in [0.1, 0.15) is 73.6 Å². The van der Waals surface area contributed by atoms with Gasteiger partial charge < -0.3 is 4.90 Å². The zero-order chi connectivity index (χ0) is 11.7. The van der Waals surface area contributed by atoms with Crippen LogP contribution in [0.4, 0.5) is 0 Å². The lowest BCUT2D eigenvalue weighted by Crippen LogP contribution is -2.33. The molecule has 16 heavy (non-hydrogen) atoms. The first-order valence-corrected chi connectivity index (χ1v) is 6.59. The van der Waals surface area contributed by atoms with Gasteiger partial charge in [0.25, 0.3) is 0 Å². The third-order valence-electron chi connectivity index (χ3n) is 2.83.